The van der Waals surface area contributed by atoms with Gasteiger partial charge in [-0.05, 0) is 30.7 Å². The quantitative estimate of drug-likeness (QED) is 0.869. The predicted octanol–water partition coefficient (Wildman–Crippen LogP) is 3.86. The van der Waals surface area contributed by atoms with Crippen LogP contribution in [0, 0.1) is 6.92 Å². The molecule has 19 heavy (non-hydrogen) atoms. The van der Waals surface area contributed by atoms with Gasteiger partial charge in [0.2, 0.25) is 0 Å². The summed E-state index contributed by atoms with van der Waals surface area (Å²) in [5.74, 6) is 0.673. The van der Waals surface area contributed by atoms with Crippen LogP contribution >= 0.6 is 23.8 Å². The molecule has 0 fully saturated rings. The minimum absolute atomic E-state index is 0.325. The number of halogens is 1. The van der Waals surface area contributed by atoms with Crippen LogP contribution in [0.3, 0.4) is 0 Å². The zero-order valence-electron chi connectivity index (χ0n) is 10.5. The highest BCUT2D eigenvalue weighted by atomic mass is 35.5. The Kier molecular flexibility index (Phi) is 4.40. The van der Waals surface area contributed by atoms with E-state index in [4.69, 9.17) is 34.3 Å². The van der Waals surface area contributed by atoms with Gasteiger partial charge in [-0.2, -0.15) is 0 Å². The average molecular weight is 292 g/mol. The van der Waals surface area contributed by atoms with E-state index in [-0.39, 0.29) is 0 Å². The van der Waals surface area contributed by atoms with Crippen LogP contribution in [0.25, 0.3) is 0 Å². The molecule has 0 unspecified atom stereocenters. The Balaban J connectivity index is 2.17. The minimum Gasteiger partial charge on any atom is -0.488 e. The molecule has 2 aromatic carbocycles. The van der Waals surface area contributed by atoms with E-state index in [0.29, 0.717) is 22.4 Å². The van der Waals surface area contributed by atoms with Crippen LogP contribution in [0.5, 0.6) is 5.75 Å². The van der Waals surface area contributed by atoms with Crippen molar-refractivity contribution in [2.45, 2.75) is 13.5 Å². The molecule has 0 aliphatic heterocycles. The fraction of sp³-hybridized carbons (Fsp3) is 0.133. The van der Waals surface area contributed by atoms with E-state index in [0.717, 1.165) is 16.7 Å². The van der Waals surface area contributed by atoms with Gasteiger partial charge in [-0.1, -0.05) is 48.1 Å². The van der Waals surface area contributed by atoms with E-state index in [9.17, 15) is 0 Å². The Hall–Kier alpha value is -1.58. The molecule has 0 amide bonds. The van der Waals surface area contributed by atoms with E-state index in [1.165, 1.54) is 0 Å². The largest absolute Gasteiger partial charge is 0.488 e. The summed E-state index contributed by atoms with van der Waals surface area (Å²) in [7, 11) is 0. The SMILES string of the molecule is Cc1ccc(COc2ccccc2C(N)=S)c(Cl)c1. The van der Waals surface area contributed by atoms with E-state index in [2.05, 4.69) is 0 Å². The van der Waals surface area contributed by atoms with E-state index < -0.39 is 0 Å². The third-order valence-corrected chi connectivity index (χ3v) is 3.32. The van der Waals surface area contributed by atoms with Crippen molar-refractivity contribution in [3.05, 3.63) is 64.2 Å². The number of aryl methyl sites for hydroxylation is 1. The number of ether oxygens (including phenoxy) is 1. The summed E-state index contributed by atoms with van der Waals surface area (Å²) < 4.78 is 5.75. The van der Waals surface area contributed by atoms with Crippen LogP contribution in [-0.4, -0.2) is 4.99 Å². The Morgan fingerprint density at radius 2 is 2.00 bits per heavy atom. The van der Waals surface area contributed by atoms with Gasteiger partial charge in [0.25, 0.3) is 0 Å². The van der Waals surface area contributed by atoms with Crippen molar-refractivity contribution >= 4 is 28.8 Å². The Bertz CT molecular complexity index is 613. The average Bonchev–Trinajstić information content (AvgIpc) is 2.38. The number of rotatable bonds is 4. The Labute approximate surface area is 123 Å². The van der Waals surface area contributed by atoms with Gasteiger partial charge >= 0.3 is 0 Å². The summed E-state index contributed by atoms with van der Waals surface area (Å²) in [6.45, 7) is 2.39. The highest BCUT2D eigenvalue weighted by Crippen LogP contribution is 2.22. The molecule has 4 heteroatoms. The number of hydrogen-bond donors (Lipinski definition) is 1. The molecule has 2 N–H and O–H groups in total. The van der Waals surface area contributed by atoms with Crippen molar-refractivity contribution in [2.75, 3.05) is 0 Å². The van der Waals surface area contributed by atoms with Crippen molar-refractivity contribution < 1.29 is 4.74 Å². The molecule has 0 aromatic heterocycles. The molecule has 0 bridgehead atoms. The summed E-state index contributed by atoms with van der Waals surface area (Å²) in [5.41, 5.74) is 8.45. The summed E-state index contributed by atoms with van der Waals surface area (Å²) in [4.78, 5) is 0.325. The first-order valence-electron chi connectivity index (χ1n) is 5.84. The second kappa shape index (κ2) is 6.04. The van der Waals surface area contributed by atoms with E-state index in [1.807, 2.05) is 49.4 Å². The monoisotopic (exact) mass is 291 g/mol. The van der Waals surface area contributed by atoms with Crippen LogP contribution < -0.4 is 10.5 Å². The lowest BCUT2D eigenvalue weighted by atomic mass is 10.1. The first-order chi connectivity index (χ1) is 9.08. The molecule has 2 rings (SSSR count). The minimum atomic E-state index is 0.325. The van der Waals surface area contributed by atoms with Gasteiger partial charge in [-0.3, -0.25) is 0 Å². The maximum atomic E-state index is 6.17. The molecule has 0 radical (unpaired) electrons. The van der Waals surface area contributed by atoms with Gasteiger partial charge in [-0.15, -0.1) is 0 Å². The highest BCUT2D eigenvalue weighted by Gasteiger charge is 2.07. The Morgan fingerprint density at radius 1 is 1.26 bits per heavy atom. The third kappa shape index (κ3) is 3.46. The second-order valence-corrected chi connectivity index (χ2v) is 5.09. The smallest absolute Gasteiger partial charge is 0.129 e. The van der Waals surface area contributed by atoms with Crippen LogP contribution in [0.2, 0.25) is 5.02 Å². The van der Waals surface area contributed by atoms with Gasteiger partial charge in [0.1, 0.15) is 17.3 Å². The second-order valence-electron chi connectivity index (χ2n) is 4.24. The van der Waals surface area contributed by atoms with Gasteiger partial charge in [0.15, 0.2) is 0 Å². The number of benzene rings is 2. The predicted molar refractivity (Wildman–Crippen MR) is 82.9 cm³/mol. The first kappa shape index (κ1) is 13.8. The first-order valence-corrected chi connectivity index (χ1v) is 6.63. The van der Waals surface area contributed by atoms with Crippen molar-refractivity contribution in [3.8, 4) is 5.75 Å². The molecule has 0 aliphatic rings. The van der Waals surface area contributed by atoms with Crippen LogP contribution in [-0.2, 0) is 6.61 Å². The summed E-state index contributed by atoms with van der Waals surface area (Å²) in [6, 6.07) is 13.3. The molecule has 2 nitrogen and oxygen atoms in total. The number of thiocarbonyl (C=S) groups is 1. The Morgan fingerprint density at radius 3 is 2.68 bits per heavy atom. The molecule has 0 saturated heterocycles. The standard InChI is InChI=1S/C15H14ClNOS/c1-10-6-7-11(13(16)8-10)9-18-14-5-3-2-4-12(14)15(17)19/h2-8H,9H2,1H3,(H2,17,19). The molecular formula is C15H14ClNOS. The topological polar surface area (TPSA) is 35.2 Å². The van der Waals surface area contributed by atoms with Gasteiger partial charge in [-0.25, -0.2) is 0 Å². The molecule has 0 aliphatic carbocycles. The van der Waals surface area contributed by atoms with Crippen LogP contribution in [0.4, 0.5) is 0 Å². The highest BCUT2D eigenvalue weighted by molar-refractivity contribution is 7.80. The maximum Gasteiger partial charge on any atom is 0.129 e. The lowest BCUT2D eigenvalue weighted by molar-refractivity contribution is 0.306. The summed E-state index contributed by atoms with van der Waals surface area (Å²) >= 11 is 11.2. The van der Waals surface area contributed by atoms with Crippen molar-refractivity contribution in [3.63, 3.8) is 0 Å². The fourth-order valence-corrected chi connectivity index (χ4v) is 2.18. The normalized spacial score (nSPS) is 10.2. The molecule has 0 heterocycles. The molecular weight excluding hydrogens is 278 g/mol. The van der Waals surface area contributed by atoms with Crippen LogP contribution in [0.1, 0.15) is 16.7 Å². The molecule has 2 aromatic rings. The lowest BCUT2D eigenvalue weighted by Gasteiger charge is -2.11. The third-order valence-electron chi connectivity index (χ3n) is 2.74. The summed E-state index contributed by atoms with van der Waals surface area (Å²) in [5, 5.41) is 0.702. The number of nitrogens with two attached hydrogens (primary N) is 1. The van der Waals surface area contributed by atoms with Crippen molar-refractivity contribution in [2.24, 2.45) is 5.73 Å². The van der Waals surface area contributed by atoms with Gasteiger partial charge in [0, 0.05) is 10.6 Å². The van der Waals surface area contributed by atoms with Crippen LogP contribution in [0.15, 0.2) is 42.5 Å². The molecule has 0 spiro atoms. The molecule has 0 atom stereocenters. The van der Waals surface area contributed by atoms with Gasteiger partial charge in [0.05, 0.1) is 5.56 Å². The zero-order valence-corrected chi connectivity index (χ0v) is 12.1. The van der Waals surface area contributed by atoms with E-state index >= 15 is 0 Å². The maximum absolute atomic E-state index is 6.17. The lowest BCUT2D eigenvalue weighted by Crippen LogP contribution is -2.11. The van der Waals surface area contributed by atoms with E-state index in [1.54, 1.807) is 0 Å². The molecule has 98 valence electrons. The number of hydrogen-bond acceptors (Lipinski definition) is 2. The molecule has 0 saturated carbocycles. The van der Waals surface area contributed by atoms with Gasteiger partial charge < -0.3 is 10.5 Å². The fourth-order valence-electron chi connectivity index (χ4n) is 1.72. The van der Waals surface area contributed by atoms with Crippen molar-refractivity contribution in [1.82, 2.24) is 0 Å². The number of para-hydroxylation sites is 1. The van der Waals surface area contributed by atoms with Crippen molar-refractivity contribution in [1.29, 1.82) is 0 Å². The summed E-state index contributed by atoms with van der Waals surface area (Å²) in [6.07, 6.45) is 0. The zero-order chi connectivity index (χ0) is 13.8.